The van der Waals surface area contributed by atoms with E-state index in [1.807, 2.05) is 6.07 Å². The van der Waals surface area contributed by atoms with Crippen molar-refractivity contribution in [3.05, 3.63) is 64.9 Å². The number of aliphatic imine (C=N–C) groups is 1. The van der Waals surface area contributed by atoms with Crippen LogP contribution < -0.4 is 9.47 Å². The minimum absolute atomic E-state index is 0.00425. The van der Waals surface area contributed by atoms with Crippen molar-refractivity contribution in [3.63, 3.8) is 0 Å². The Morgan fingerprint density at radius 2 is 2.04 bits per heavy atom. The highest BCUT2D eigenvalue weighted by molar-refractivity contribution is 6.13. The molecule has 0 saturated heterocycles. The number of rotatable bonds is 5. The van der Waals surface area contributed by atoms with Gasteiger partial charge in [-0.1, -0.05) is 12.1 Å². The van der Waals surface area contributed by atoms with E-state index in [2.05, 4.69) is 9.73 Å². The van der Waals surface area contributed by atoms with Crippen LogP contribution in [0.4, 0.5) is 8.78 Å². The number of cyclic esters (lactones) is 1. The Balaban J connectivity index is 1.92. The maximum absolute atomic E-state index is 12.4. The molecule has 0 aliphatic carbocycles. The molecule has 2 aromatic rings. The maximum Gasteiger partial charge on any atom is 0.387 e. The number of hydrogen-bond acceptors (Lipinski definition) is 6. The Labute approximate surface area is 152 Å². The van der Waals surface area contributed by atoms with Gasteiger partial charge in [0.1, 0.15) is 0 Å². The maximum atomic E-state index is 12.4. The fourth-order valence-corrected chi connectivity index (χ4v) is 2.38. The molecule has 0 spiro atoms. The zero-order chi connectivity index (χ0) is 19.4. The molecular weight excluding hydrogens is 358 g/mol. The zero-order valence-corrected chi connectivity index (χ0v) is 14.0. The molecule has 1 aliphatic heterocycles. The van der Waals surface area contributed by atoms with Gasteiger partial charge >= 0.3 is 12.6 Å². The lowest BCUT2D eigenvalue weighted by molar-refractivity contribution is -0.129. The van der Waals surface area contributed by atoms with Crippen LogP contribution in [0, 0.1) is 11.3 Å². The second-order valence-corrected chi connectivity index (χ2v) is 5.32. The van der Waals surface area contributed by atoms with Gasteiger partial charge in [-0.15, -0.1) is 0 Å². The van der Waals surface area contributed by atoms with Crippen LogP contribution in [-0.4, -0.2) is 25.6 Å². The first kappa shape index (κ1) is 18.1. The summed E-state index contributed by atoms with van der Waals surface area (Å²) in [7, 11) is 1.30. The van der Waals surface area contributed by atoms with E-state index in [0.29, 0.717) is 16.7 Å². The van der Waals surface area contributed by atoms with E-state index < -0.39 is 12.6 Å². The van der Waals surface area contributed by atoms with E-state index in [4.69, 9.17) is 14.7 Å². The molecule has 0 aromatic heterocycles. The number of nitrogens with zero attached hydrogens (tertiary/aromatic N) is 2. The van der Waals surface area contributed by atoms with Gasteiger partial charge in [0.2, 0.25) is 5.90 Å². The third kappa shape index (κ3) is 4.10. The van der Waals surface area contributed by atoms with E-state index >= 15 is 0 Å². The molecule has 0 atom stereocenters. The number of methoxy groups -OCH3 is 1. The van der Waals surface area contributed by atoms with Gasteiger partial charge in [0, 0.05) is 5.56 Å². The molecule has 2 aromatic carbocycles. The van der Waals surface area contributed by atoms with E-state index in [0.717, 1.165) is 0 Å². The first-order chi connectivity index (χ1) is 13.0. The van der Waals surface area contributed by atoms with Gasteiger partial charge in [-0.25, -0.2) is 9.79 Å². The molecule has 0 saturated carbocycles. The molecule has 0 N–H and O–H groups in total. The van der Waals surface area contributed by atoms with Gasteiger partial charge < -0.3 is 14.2 Å². The predicted octanol–water partition coefficient (Wildman–Crippen LogP) is 3.51. The summed E-state index contributed by atoms with van der Waals surface area (Å²) in [5.41, 5.74) is 1.46. The van der Waals surface area contributed by atoms with Crippen LogP contribution in [0.5, 0.6) is 11.5 Å². The minimum atomic E-state index is -3.00. The number of alkyl halides is 2. The van der Waals surface area contributed by atoms with Crippen molar-refractivity contribution < 1.29 is 27.8 Å². The summed E-state index contributed by atoms with van der Waals surface area (Å²) in [6, 6.07) is 12.7. The number of carbonyl (C=O) groups excluding carboxylic acids is 1. The Morgan fingerprint density at radius 3 is 2.74 bits per heavy atom. The van der Waals surface area contributed by atoms with E-state index in [1.165, 1.54) is 31.4 Å². The Hall–Kier alpha value is -3.73. The van der Waals surface area contributed by atoms with Gasteiger partial charge in [-0.3, -0.25) is 0 Å². The molecule has 8 heteroatoms. The fourth-order valence-electron chi connectivity index (χ4n) is 2.38. The number of hydrogen-bond donors (Lipinski definition) is 0. The number of nitriles is 1. The first-order valence-electron chi connectivity index (χ1n) is 7.66. The lowest BCUT2D eigenvalue weighted by Crippen LogP contribution is -2.07. The lowest BCUT2D eigenvalue weighted by atomic mass is 10.1. The standard InChI is InChI=1S/C19H12F2N2O4/c1-25-16-9-13(5-6-15(16)26-19(20)21)17-23-14(18(24)27-17)8-11-3-2-4-12(7-11)10-22/h2-9,19H,1H3/b14-8+. The third-order valence-electron chi connectivity index (χ3n) is 3.57. The molecule has 6 nitrogen and oxygen atoms in total. The monoisotopic (exact) mass is 370 g/mol. The average molecular weight is 370 g/mol. The van der Waals surface area contributed by atoms with Crippen LogP contribution in [0.3, 0.4) is 0 Å². The number of halogens is 2. The van der Waals surface area contributed by atoms with Crippen molar-refractivity contribution in [2.75, 3.05) is 7.11 Å². The molecule has 136 valence electrons. The average Bonchev–Trinajstić information content (AvgIpc) is 3.02. The van der Waals surface area contributed by atoms with Gasteiger partial charge in [0.05, 0.1) is 18.7 Å². The van der Waals surface area contributed by atoms with Crippen LogP contribution in [-0.2, 0) is 9.53 Å². The summed E-state index contributed by atoms with van der Waals surface area (Å²) < 4.78 is 39.3. The highest BCUT2D eigenvalue weighted by Gasteiger charge is 2.25. The van der Waals surface area contributed by atoms with Gasteiger partial charge in [0.25, 0.3) is 0 Å². The fraction of sp³-hybridized carbons (Fsp3) is 0.105. The van der Waals surface area contributed by atoms with Crippen molar-refractivity contribution in [3.8, 4) is 17.6 Å². The zero-order valence-electron chi connectivity index (χ0n) is 14.0. The second-order valence-electron chi connectivity index (χ2n) is 5.32. The van der Waals surface area contributed by atoms with E-state index in [9.17, 15) is 13.6 Å². The lowest BCUT2D eigenvalue weighted by Gasteiger charge is -2.10. The minimum Gasteiger partial charge on any atom is -0.493 e. The van der Waals surface area contributed by atoms with Crippen molar-refractivity contribution in [1.29, 1.82) is 5.26 Å². The van der Waals surface area contributed by atoms with E-state index in [1.54, 1.807) is 24.3 Å². The Kier molecular flexibility index (Phi) is 5.13. The van der Waals surface area contributed by atoms with Crippen LogP contribution in [0.15, 0.2) is 53.2 Å². The largest absolute Gasteiger partial charge is 0.493 e. The number of ether oxygens (including phenoxy) is 3. The molecule has 3 rings (SSSR count). The van der Waals surface area contributed by atoms with Gasteiger partial charge in [-0.2, -0.15) is 14.0 Å². The van der Waals surface area contributed by atoms with Crippen LogP contribution >= 0.6 is 0 Å². The molecule has 27 heavy (non-hydrogen) atoms. The van der Waals surface area contributed by atoms with Crippen LogP contribution in [0.1, 0.15) is 16.7 Å². The van der Waals surface area contributed by atoms with Crippen molar-refractivity contribution in [2.24, 2.45) is 4.99 Å². The number of esters is 1. The first-order valence-corrected chi connectivity index (χ1v) is 7.66. The predicted molar refractivity (Wildman–Crippen MR) is 91.4 cm³/mol. The highest BCUT2D eigenvalue weighted by Crippen LogP contribution is 2.31. The third-order valence-corrected chi connectivity index (χ3v) is 3.57. The van der Waals surface area contributed by atoms with Crippen LogP contribution in [0.25, 0.3) is 6.08 Å². The highest BCUT2D eigenvalue weighted by atomic mass is 19.3. The van der Waals surface area contributed by atoms with Gasteiger partial charge in [0.15, 0.2) is 17.2 Å². The smallest absolute Gasteiger partial charge is 0.387 e. The molecule has 0 radical (unpaired) electrons. The summed E-state index contributed by atoms with van der Waals surface area (Å²) in [5, 5.41) is 8.93. The van der Waals surface area contributed by atoms with Crippen molar-refractivity contribution >= 4 is 17.9 Å². The van der Waals surface area contributed by atoms with Crippen molar-refractivity contribution in [2.45, 2.75) is 6.61 Å². The number of benzene rings is 2. The van der Waals surface area contributed by atoms with Gasteiger partial charge in [-0.05, 0) is 42.0 Å². The molecular formula is C19H12F2N2O4. The molecule has 1 heterocycles. The molecule has 0 bridgehead atoms. The Morgan fingerprint density at radius 1 is 1.22 bits per heavy atom. The summed E-state index contributed by atoms with van der Waals surface area (Å²) in [5.74, 6) is -0.764. The SMILES string of the molecule is COc1cc(C2=N/C(=C/c3cccc(C#N)c3)C(=O)O2)ccc1OC(F)F. The Bertz CT molecular complexity index is 993. The molecule has 0 fully saturated rings. The summed E-state index contributed by atoms with van der Waals surface area (Å²) >= 11 is 0. The van der Waals surface area contributed by atoms with E-state index in [-0.39, 0.29) is 23.1 Å². The van der Waals surface area contributed by atoms with Crippen LogP contribution in [0.2, 0.25) is 0 Å². The topological polar surface area (TPSA) is 80.9 Å². The normalized spacial score (nSPS) is 14.7. The summed E-state index contributed by atoms with van der Waals surface area (Å²) in [4.78, 5) is 16.2. The summed E-state index contributed by atoms with van der Waals surface area (Å²) in [6.07, 6.45) is 1.49. The van der Waals surface area contributed by atoms with Crippen molar-refractivity contribution in [1.82, 2.24) is 0 Å². The second kappa shape index (κ2) is 7.66. The molecule has 1 aliphatic rings. The summed E-state index contributed by atoms with van der Waals surface area (Å²) in [6.45, 7) is -3.00. The molecule has 0 amide bonds. The quantitative estimate of drug-likeness (QED) is 0.594. The number of carbonyl (C=O) groups is 1. The molecule has 0 unspecified atom stereocenters.